The zero-order valence-electron chi connectivity index (χ0n) is 14.3. The van der Waals surface area contributed by atoms with Gasteiger partial charge in [-0.25, -0.2) is 0 Å². The Balaban J connectivity index is 2.08. The van der Waals surface area contributed by atoms with Crippen molar-refractivity contribution in [3.63, 3.8) is 0 Å². The molecule has 5 heteroatoms. The first kappa shape index (κ1) is 16.9. The molecule has 0 radical (unpaired) electrons. The molecule has 2 aromatic carbocycles. The molecule has 1 heterocycles. The van der Waals surface area contributed by atoms with Crippen LogP contribution < -0.4 is 5.32 Å². The number of hydrogen-bond acceptors (Lipinski definition) is 3. The van der Waals surface area contributed by atoms with Gasteiger partial charge in [0.2, 0.25) is 0 Å². The lowest BCUT2D eigenvalue weighted by molar-refractivity contribution is 0.0906. The standard InChI is InChI=1S/C20H21N3O2/c1-14(13-25-2)23-20(24)18-10-6-9-17(15-7-4-3-5-8-15)19(18)16-11-21-22-12-16/h3-12,14H,13H2,1-2H3,(H,21,22)(H,23,24). The van der Waals surface area contributed by atoms with E-state index >= 15 is 0 Å². The lowest BCUT2D eigenvalue weighted by Gasteiger charge is -2.17. The van der Waals surface area contributed by atoms with Gasteiger partial charge < -0.3 is 10.1 Å². The molecule has 2 N–H and O–H groups in total. The average molecular weight is 335 g/mol. The van der Waals surface area contributed by atoms with Crippen molar-refractivity contribution in [1.29, 1.82) is 0 Å². The van der Waals surface area contributed by atoms with E-state index in [4.69, 9.17) is 4.74 Å². The van der Waals surface area contributed by atoms with E-state index in [2.05, 4.69) is 15.5 Å². The Morgan fingerprint density at radius 3 is 2.64 bits per heavy atom. The van der Waals surface area contributed by atoms with Crippen LogP contribution in [0, 0.1) is 0 Å². The highest BCUT2D eigenvalue weighted by molar-refractivity contribution is 6.04. The summed E-state index contributed by atoms with van der Waals surface area (Å²) < 4.78 is 5.11. The molecule has 0 saturated heterocycles. The van der Waals surface area contributed by atoms with Crippen molar-refractivity contribution in [2.24, 2.45) is 0 Å². The molecule has 0 saturated carbocycles. The average Bonchev–Trinajstić information content (AvgIpc) is 3.16. The number of hydrogen-bond donors (Lipinski definition) is 2. The first-order valence-corrected chi connectivity index (χ1v) is 8.18. The second-order valence-electron chi connectivity index (χ2n) is 5.91. The van der Waals surface area contributed by atoms with Gasteiger partial charge >= 0.3 is 0 Å². The largest absolute Gasteiger partial charge is 0.383 e. The van der Waals surface area contributed by atoms with E-state index in [-0.39, 0.29) is 11.9 Å². The number of methoxy groups -OCH3 is 1. The SMILES string of the molecule is COCC(C)NC(=O)c1cccc(-c2ccccc2)c1-c1cn[nH]c1. The number of amides is 1. The van der Waals surface area contributed by atoms with E-state index in [1.54, 1.807) is 19.5 Å². The summed E-state index contributed by atoms with van der Waals surface area (Å²) in [5.74, 6) is -0.126. The summed E-state index contributed by atoms with van der Waals surface area (Å²) in [6.45, 7) is 2.38. The Morgan fingerprint density at radius 1 is 1.16 bits per heavy atom. The van der Waals surface area contributed by atoms with Gasteiger partial charge in [-0.1, -0.05) is 42.5 Å². The van der Waals surface area contributed by atoms with E-state index in [1.165, 1.54) is 0 Å². The molecule has 25 heavy (non-hydrogen) atoms. The quantitative estimate of drug-likeness (QED) is 0.724. The smallest absolute Gasteiger partial charge is 0.252 e. The third kappa shape index (κ3) is 3.78. The normalized spacial score (nSPS) is 11.9. The fourth-order valence-corrected chi connectivity index (χ4v) is 2.89. The molecule has 0 aliphatic rings. The van der Waals surface area contributed by atoms with Crippen LogP contribution in [0.1, 0.15) is 17.3 Å². The zero-order chi connectivity index (χ0) is 17.6. The van der Waals surface area contributed by atoms with Crippen LogP contribution in [-0.4, -0.2) is 35.9 Å². The summed E-state index contributed by atoms with van der Waals surface area (Å²) in [4.78, 5) is 12.8. The molecule has 0 bridgehead atoms. The van der Waals surface area contributed by atoms with Gasteiger partial charge in [-0.05, 0) is 24.1 Å². The van der Waals surface area contributed by atoms with E-state index in [0.29, 0.717) is 12.2 Å². The minimum atomic E-state index is -0.126. The molecular formula is C20H21N3O2. The summed E-state index contributed by atoms with van der Waals surface area (Å²) in [7, 11) is 1.62. The predicted molar refractivity (Wildman–Crippen MR) is 98.3 cm³/mol. The van der Waals surface area contributed by atoms with Crippen LogP contribution in [0.25, 0.3) is 22.3 Å². The maximum absolute atomic E-state index is 12.8. The monoisotopic (exact) mass is 335 g/mol. The topological polar surface area (TPSA) is 67.0 Å². The third-order valence-electron chi connectivity index (χ3n) is 3.97. The summed E-state index contributed by atoms with van der Waals surface area (Å²) in [5, 5.41) is 9.86. The molecule has 1 unspecified atom stereocenters. The van der Waals surface area contributed by atoms with E-state index in [1.807, 2.05) is 55.5 Å². The van der Waals surface area contributed by atoms with Crippen molar-refractivity contribution in [3.05, 3.63) is 66.5 Å². The molecule has 1 aromatic heterocycles. The molecule has 5 nitrogen and oxygen atoms in total. The van der Waals surface area contributed by atoms with Gasteiger partial charge in [-0.2, -0.15) is 5.10 Å². The minimum absolute atomic E-state index is 0.0740. The lowest BCUT2D eigenvalue weighted by Crippen LogP contribution is -2.35. The number of benzene rings is 2. The molecule has 0 aliphatic carbocycles. The fraction of sp³-hybridized carbons (Fsp3) is 0.200. The number of carbonyl (C=O) groups is 1. The Hall–Kier alpha value is -2.92. The molecule has 3 aromatic rings. The number of nitrogens with one attached hydrogen (secondary N) is 2. The van der Waals surface area contributed by atoms with Crippen LogP contribution in [-0.2, 0) is 4.74 Å². The van der Waals surface area contributed by atoms with Crippen LogP contribution in [0.2, 0.25) is 0 Å². The van der Waals surface area contributed by atoms with Gasteiger partial charge in [-0.15, -0.1) is 0 Å². The van der Waals surface area contributed by atoms with E-state index in [0.717, 1.165) is 22.3 Å². The van der Waals surface area contributed by atoms with Crippen molar-refractivity contribution < 1.29 is 9.53 Å². The summed E-state index contributed by atoms with van der Waals surface area (Å²) in [6, 6.07) is 15.7. The highest BCUT2D eigenvalue weighted by Gasteiger charge is 2.19. The third-order valence-corrected chi connectivity index (χ3v) is 3.97. The van der Waals surface area contributed by atoms with Crippen LogP contribution >= 0.6 is 0 Å². The lowest BCUT2D eigenvalue weighted by atomic mass is 9.91. The van der Waals surface area contributed by atoms with Crippen molar-refractivity contribution in [2.75, 3.05) is 13.7 Å². The number of H-pyrrole nitrogens is 1. The van der Waals surface area contributed by atoms with Crippen LogP contribution in [0.3, 0.4) is 0 Å². The Morgan fingerprint density at radius 2 is 1.96 bits per heavy atom. The number of aromatic amines is 1. The number of rotatable bonds is 6. The predicted octanol–water partition coefficient (Wildman–Crippen LogP) is 3.51. The van der Waals surface area contributed by atoms with E-state index in [9.17, 15) is 4.79 Å². The Kier molecular flexibility index (Phi) is 5.26. The summed E-state index contributed by atoms with van der Waals surface area (Å²) in [5.41, 5.74) is 4.41. The van der Waals surface area contributed by atoms with Crippen LogP contribution in [0.15, 0.2) is 60.9 Å². The molecule has 1 amide bonds. The van der Waals surface area contributed by atoms with Crippen LogP contribution in [0.4, 0.5) is 0 Å². The van der Waals surface area contributed by atoms with Gasteiger partial charge in [0, 0.05) is 36.0 Å². The first-order valence-electron chi connectivity index (χ1n) is 8.18. The van der Waals surface area contributed by atoms with Crippen molar-refractivity contribution in [1.82, 2.24) is 15.5 Å². The van der Waals surface area contributed by atoms with Crippen molar-refractivity contribution >= 4 is 5.91 Å². The fourth-order valence-electron chi connectivity index (χ4n) is 2.89. The van der Waals surface area contributed by atoms with Gasteiger partial charge in [0.05, 0.1) is 12.8 Å². The number of aromatic nitrogens is 2. The summed E-state index contributed by atoms with van der Waals surface area (Å²) >= 11 is 0. The summed E-state index contributed by atoms with van der Waals surface area (Å²) in [6.07, 6.45) is 3.54. The van der Waals surface area contributed by atoms with Crippen molar-refractivity contribution in [3.8, 4) is 22.3 Å². The molecule has 0 aliphatic heterocycles. The number of ether oxygens (including phenoxy) is 1. The van der Waals surface area contributed by atoms with Gasteiger partial charge in [0.25, 0.3) is 5.91 Å². The molecule has 1 atom stereocenters. The zero-order valence-corrected chi connectivity index (χ0v) is 14.3. The maximum atomic E-state index is 12.8. The highest BCUT2D eigenvalue weighted by atomic mass is 16.5. The highest BCUT2D eigenvalue weighted by Crippen LogP contribution is 2.34. The number of carbonyl (C=O) groups excluding carboxylic acids is 1. The molecule has 0 spiro atoms. The van der Waals surface area contributed by atoms with Gasteiger partial charge in [0.15, 0.2) is 0 Å². The second kappa shape index (κ2) is 7.77. The van der Waals surface area contributed by atoms with E-state index < -0.39 is 0 Å². The van der Waals surface area contributed by atoms with Gasteiger partial charge in [-0.3, -0.25) is 9.89 Å². The Bertz CT molecular complexity index is 829. The van der Waals surface area contributed by atoms with Crippen LogP contribution in [0.5, 0.6) is 0 Å². The Labute approximate surface area is 147 Å². The molecule has 3 rings (SSSR count). The second-order valence-corrected chi connectivity index (χ2v) is 5.91. The molecule has 0 fully saturated rings. The van der Waals surface area contributed by atoms with Gasteiger partial charge in [0.1, 0.15) is 0 Å². The first-order chi connectivity index (χ1) is 12.2. The number of nitrogens with zero attached hydrogens (tertiary/aromatic N) is 1. The molecule has 128 valence electrons. The minimum Gasteiger partial charge on any atom is -0.383 e. The maximum Gasteiger partial charge on any atom is 0.252 e. The molecular weight excluding hydrogens is 314 g/mol. The van der Waals surface area contributed by atoms with Crippen molar-refractivity contribution in [2.45, 2.75) is 13.0 Å².